The lowest BCUT2D eigenvalue weighted by molar-refractivity contribution is 0.147. The van der Waals surface area contributed by atoms with Gasteiger partial charge in [-0.3, -0.25) is 4.90 Å². The predicted molar refractivity (Wildman–Crippen MR) is 64.6 cm³/mol. The van der Waals surface area contributed by atoms with Crippen LogP contribution >= 0.6 is 11.6 Å². The molecule has 1 saturated heterocycles. The summed E-state index contributed by atoms with van der Waals surface area (Å²) in [6.07, 6.45) is 0. The van der Waals surface area contributed by atoms with E-state index in [1.54, 1.807) is 6.07 Å². The second-order valence-electron chi connectivity index (χ2n) is 4.16. The fourth-order valence-electron chi connectivity index (χ4n) is 2.16. The Balaban J connectivity index is 2.21. The number of rotatable bonds is 3. The van der Waals surface area contributed by atoms with Crippen LogP contribution in [0.4, 0.5) is 8.78 Å². The van der Waals surface area contributed by atoms with Gasteiger partial charge in [0.1, 0.15) is 12.5 Å². The smallest absolute Gasteiger partial charge is 0.125 e. The number of nitrogens with zero attached hydrogens (tertiary/aromatic N) is 1. The van der Waals surface area contributed by atoms with Crippen LogP contribution in [0.5, 0.6) is 0 Å². The van der Waals surface area contributed by atoms with Gasteiger partial charge in [-0.1, -0.05) is 11.6 Å². The molecule has 1 aliphatic rings. The van der Waals surface area contributed by atoms with E-state index in [2.05, 4.69) is 5.32 Å². The highest BCUT2D eigenvalue weighted by Crippen LogP contribution is 2.25. The molecule has 0 aromatic heterocycles. The molecule has 0 unspecified atom stereocenters. The lowest BCUT2D eigenvalue weighted by atomic mass is 10.1. The second kappa shape index (κ2) is 5.76. The first kappa shape index (κ1) is 12.7. The average Bonchev–Trinajstić information content (AvgIpc) is 2.30. The number of hydrogen-bond donors (Lipinski definition) is 1. The van der Waals surface area contributed by atoms with Crippen LogP contribution < -0.4 is 5.32 Å². The molecule has 0 radical (unpaired) electrons. The summed E-state index contributed by atoms with van der Waals surface area (Å²) in [6.45, 7) is 2.67. The number of hydrogen-bond acceptors (Lipinski definition) is 2. The van der Waals surface area contributed by atoms with E-state index in [0.717, 1.165) is 26.2 Å². The SMILES string of the molecule is FC[C@H](c1cc(F)cc(Cl)c1)N1CCNCC1. The van der Waals surface area contributed by atoms with Crippen LogP contribution in [-0.2, 0) is 0 Å². The van der Waals surface area contributed by atoms with E-state index in [9.17, 15) is 8.78 Å². The van der Waals surface area contributed by atoms with Crippen molar-refractivity contribution in [2.75, 3.05) is 32.9 Å². The summed E-state index contributed by atoms with van der Waals surface area (Å²) in [5, 5.41) is 3.52. The van der Waals surface area contributed by atoms with Gasteiger partial charge in [0, 0.05) is 31.2 Å². The van der Waals surface area contributed by atoms with Gasteiger partial charge in [-0.15, -0.1) is 0 Å². The fourth-order valence-corrected chi connectivity index (χ4v) is 2.39. The molecule has 1 fully saturated rings. The Morgan fingerprint density at radius 2 is 2.00 bits per heavy atom. The molecular formula is C12H15ClF2N2. The van der Waals surface area contributed by atoms with E-state index in [-0.39, 0.29) is 0 Å². The van der Waals surface area contributed by atoms with Crippen molar-refractivity contribution in [1.82, 2.24) is 10.2 Å². The van der Waals surface area contributed by atoms with Gasteiger partial charge in [0.2, 0.25) is 0 Å². The summed E-state index contributed by atoms with van der Waals surface area (Å²) in [5.74, 6) is -0.416. The van der Waals surface area contributed by atoms with Crippen molar-refractivity contribution in [2.45, 2.75) is 6.04 Å². The molecule has 0 aliphatic carbocycles. The van der Waals surface area contributed by atoms with E-state index in [1.165, 1.54) is 12.1 Å². The van der Waals surface area contributed by atoms with Gasteiger partial charge >= 0.3 is 0 Å². The van der Waals surface area contributed by atoms with Crippen molar-refractivity contribution >= 4 is 11.6 Å². The summed E-state index contributed by atoms with van der Waals surface area (Å²) in [5.41, 5.74) is 0.611. The van der Waals surface area contributed by atoms with Crippen molar-refractivity contribution in [1.29, 1.82) is 0 Å². The van der Waals surface area contributed by atoms with Crippen molar-refractivity contribution in [2.24, 2.45) is 0 Å². The Kier molecular flexibility index (Phi) is 4.31. The van der Waals surface area contributed by atoms with Gasteiger partial charge in [-0.25, -0.2) is 8.78 Å². The first-order valence-electron chi connectivity index (χ1n) is 5.67. The van der Waals surface area contributed by atoms with Crippen LogP contribution in [0.1, 0.15) is 11.6 Å². The maximum atomic E-state index is 13.3. The number of nitrogens with one attached hydrogen (secondary N) is 1. The molecule has 0 amide bonds. The Hall–Kier alpha value is -0.710. The van der Waals surface area contributed by atoms with Gasteiger partial charge < -0.3 is 5.32 Å². The minimum atomic E-state index is -0.528. The van der Waals surface area contributed by atoms with Gasteiger partial charge in [-0.2, -0.15) is 0 Å². The second-order valence-corrected chi connectivity index (χ2v) is 4.60. The van der Waals surface area contributed by atoms with Crippen LogP contribution in [-0.4, -0.2) is 37.8 Å². The fraction of sp³-hybridized carbons (Fsp3) is 0.500. The molecule has 1 N–H and O–H groups in total. The van der Waals surface area contributed by atoms with Crippen molar-refractivity contribution in [3.05, 3.63) is 34.6 Å². The lowest BCUT2D eigenvalue weighted by Crippen LogP contribution is -2.45. The third-order valence-corrected chi connectivity index (χ3v) is 3.23. The van der Waals surface area contributed by atoms with Gasteiger partial charge in [0.05, 0.1) is 6.04 Å². The van der Waals surface area contributed by atoms with E-state index in [0.29, 0.717) is 10.6 Å². The summed E-state index contributed by atoms with van der Waals surface area (Å²) in [7, 11) is 0. The minimum Gasteiger partial charge on any atom is -0.314 e. The summed E-state index contributed by atoms with van der Waals surface area (Å²) < 4.78 is 26.4. The largest absolute Gasteiger partial charge is 0.314 e. The molecule has 0 spiro atoms. The molecule has 1 atom stereocenters. The van der Waals surface area contributed by atoms with Crippen molar-refractivity contribution in [3.8, 4) is 0 Å². The number of piperazine rings is 1. The monoisotopic (exact) mass is 260 g/mol. The molecule has 17 heavy (non-hydrogen) atoms. The minimum absolute atomic E-state index is 0.314. The Morgan fingerprint density at radius 3 is 2.59 bits per heavy atom. The quantitative estimate of drug-likeness (QED) is 0.898. The van der Waals surface area contributed by atoms with Crippen LogP contribution in [0, 0.1) is 5.82 Å². The molecule has 2 nitrogen and oxygen atoms in total. The van der Waals surface area contributed by atoms with Crippen LogP contribution in [0.2, 0.25) is 5.02 Å². The zero-order chi connectivity index (χ0) is 12.3. The molecule has 1 aromatic carbocycles. The van der Waals surface area contributed by atoms with E-state index >= 15 is 0 Å². The number of alkyl halides is 1. The highest BCUT2D eigenvalue weighted by atomic mass is 35.5. The van der Waals surface area contributed by atoms with Gasteiger partial charge in [0.25, 0.3) is 0 Å². The van der Waals surface area contributed by atoms with Gasteiger partial charge in [-0.05, 0) is 23.8 Å². The first-order valence-corrected chi connectivity index (χ1v) is 6.05. The zero-order valence-corrected chi connectivity index (χ0v) is 10.2. The number of halogens is 3. The molecule has 0 bridgehead atoms. The third kappa shape index (κ3) is 3.15. The number of benzene rings is 1. The van der Waals surface area contributed by atoms with E-state index < -0.39 is 18.5 Å². The molecule has 94 valence electrons. The molecule has 1 heterocycles. The highest BCUT2D eigenvalue weighted by Gasteiger charge is 2.22. The predicted octanol–water partition coefficient (Wildman–Crippen LogP) is 2.39. The molecule has 1 aromatic rings. The van der Waals surface area contributed by atoms with E-state index in [4.69, 9.17) is 11.6 Å². The first-order chi connectivity index (χ1) is 8.20. The van der Waals surface area contributed by atoms with E-state index in [1.807, 2.05) is 4.90 Å². The van der Waals surface area contributed by atoms with Crippen LogP contribution in [0.3, 0.4) is 0 Å². The maximum Gasteiger partial charge on any atom is 0.125 e. The normalized spacial score (nSPS) is 19.2. The summed E-state index contributed by atoms with van der Waals surface area (Å²) in [4.78, 5) is 2.02. The standard InChI is InChI=1S/C12H15ClF2N2/c13-10-5-9(6-11(15)7-10)12(8-14)17-3-1-16-2-4-17/h5-7,12,16H,1-4,8H2/t12-/m1/s1. The molecule has 1 aliphatic heterocycles. The molecule has 0 saturated carbocycles. The molecule has 2 rings (SSSR count). The average molecular weight is 261 g/mol. The van der Waals surface area contributed by atoms with Crippen molar-refractivity contribution in [3.63, 3.8) is 0 Å². The molecule has 5 heteroatoms. The Bertz CT molecular complexity index is 361. The Labute approximate surface area is 105 Å². The van der Waals surface area contributed by atoms with Crippen LogP contribution in [0.15, 0.2) is 18.2 Å². The maximum absolute atomic E-state index is 13.3. The van der Waals surface area contributed by atoms with Crippen LogP contribution in [0.25, 0.3) is 0 Å². The summed E-state index contributed by atoms with van der Waals surface area (Å²) in [6, 6.07) is 3.83. The Morgan fingerprint density at radius 1 is 1.29 bits per heavy atom. The molecular weight excluding hydrogens is 246 g/mol. The topological polar surface area (TPSA) is 15.3 Å². The van der Waals surface area contributed by atoms with Gasteiger partial charge in [0.15, 0.2) is 0 Å². The van der Waals surface area contributed by atoms with Crippen molar-refractivity contribution < 1.29 is 8.78 Å². The third-order valence-electron chi connectivity index (χ3n) is 3.01. The highest BCUT2D eigenvalue weighted by molar-refractivity contribution is 6.30. The zero-order valence-electron chi connectivity index (χ0n) is 9.43. The summed E-state index contributed by atoms with van der Waals surface area (Å²) >= 11 is 5.80. The lowest BCUT2D eigenvalue weighted by Gasteiger charge is -2.33.